The molecule has 0 aliphatic heterocycles. The van der Waals surface area contributed by atoms with E-state index in [2.05, 4.69) is 5.32 Å². The summed E-state index contributed by atoms with van der Waals surface area (Å²) in [7, 11) is 0. The highest BCUT2D eigenvalue weighted by Gasteiger charge is 2.30. The van der Waals surface area contributed by atoms with Gasteiger partial charge in [-0.3, -0.25) is 9.36 Å². The lowest BCUT2D eigenvalue weighted by Crippen LogP contribution is -2.26. The van der Waals surface area contributed by atoms with Crippen LogP contribution in [0.15, 0.2) is 48.7 Å². The van der Waals surface area contributed by atoms with Crippen LogP contribution in [0.5, 0.6) is 5.75 Å². The Kier molecular flexibility index (Phi) is 6.71. The summed E-state index contributed by atoms with van der Waals surface area (Å²) in [5, 5.41) is 3.38. The summed E-state index contributed by atoms with van der Waals surface area (Å²) in [6, 6.07) is 9.90. The Hall–Kier alpha value is -3.49. The van der Waals surface area contributed by atoms with Gasteiger partial charge in [-0.1, -0.05) is 6.07 Å². The summed E-state index contributed by atoms with van der Waals surface area (Å²) in [6.07, 6.45) is -2.98. The van der Waals surface area contributed by atoms with Crippen LogP contribution in [0.3, 0.4) is 0 Å². The second-order valence-electron chi connectivity index (χ2n) is 8.55. The lowest BCUT2D eigenvalue weighted by atomic mass is 10.1. The van der Waals surface area contributed by atoms with E-state index in [0.717, 1.165) is 17.7 Å². The SMILES string of the molecule is CC(=O)Nc1cn(C(=O)OC(C)(C)C)c2ccc(CCOc3ccc(C(F)(F)F)cc3)cc12. The van der Waals surface area contributed by atoms with Gasteiger partial charge in [-0.2, -0.15) is 13.2 Å². The first kappa shape index (κ1) is 24.2. The maximum Gasteiger partial charge on any atom is 0.419 e. The van der Waals surface area contributed by atoms with Gasteiger partial charge in [0.05, 0.1) is 23.4 Å². The topological polar surface area (TPSA) is 69.6 Å². The number of aromatic nitrogens is 1. The molecule has 1 N–H and O–H groups in total. The molecule has 0 saturated heterocycles. The zero-order valence-electron chi connectivity index (χ0n) is 18.7. The van der Waals surface area contributed by atoms with E-state index >= 15 is 0 Å². The van der Waals surface area contributed by atoms with Crippen LogP contribution in [-0.4, -0.2) is 28.8 Å². The minimum atomic E-state index is -4.39. The Labute approximate surface area is 189 Å². The average molecular weight is 462 g/mol. The molecule has 0 atom stereocenters. The van der Waals surface area contributed by atoms with Gasteiger partial charge >= 0.3 is 12.3 Å². The van der Waals surface area contributed by atoms with Gasteiger partial charge in [-0.05, 0) is 62.7 Å². The molecule has 0 saturated carbocycles. The molecule has 176 valence electrons. The summed E-state index contributed by atoms with van der Waals surface area (Å²) in [5.41, 5.74) is 0.481. The van der Waals surface area contributed by atoms with E-state index in [-0.39, 0.29) is 12.5 Å². The fraction of sp³-hybridized carbons (Fsp3) is 0.333. The van der Waals surface area contributed by atoms with Crippen molar-refractivity contribution in [2.45, 2.75) is 45.9 Å². The fourth-order valence-electron chi connectivity index (χ4n) is 3.21. The number of amides is 1. The molecular formula is C24H25F3N2O4. The number of hydrogen-bond acceptors (Lipinski definition) is 4. The van der Waals surface area contributed by atoms with E-state index < -0.39 is 23.4 Å². The van der Waals surface area contributed by atoms with E-state index in [1.165, 1.54) is 29.8 Å². The van der Waals surface area contributed by atoms with Crippen molar-refractivity contribution < 1.29 is 32.2 Å². The second-order valence-corrected chi connectivity index (χ2v) is 8.55. The minimum Gasteiger partial charge on any atom is -0.493 e. The summed E-state index contributed by atoms with van der Waals surface area (Å²) < 4.78 is 50.4. The van der Waals surface area contributed by atoms with Crippen LogP contribution in [0.25, 0.3) is 10.9 Å². The predicted molar refractivity (Wildman–Crippen MR) is 119 cm³/mol. The standard InChI is InChI=1S/C24H25F3N2O4/c1-15(30)28-20-14-29(22(31)33-23(2,3)4)21-10-5-16(13-19(20)21)11-12-32-18-8-6-17(7-9-18)24(25,26)27/h5-10,13-14H,11-12H2,1-4H3,(H,28,30). The predicted octanol–water partition coefficient (Wildman–Crippen LogP) is 6.02. The quantitative estimate of drug-likeness (QED) is 0.503. The molecule has 0 unspecified atom stereocenters. The molecule has 1 amide bonds. The van der Waals surface area contributed by atoms with Crippen LogP contribution in [0, 0.1) is 0 Å². The summed E-state index contributed by atoms with van der Waals surface area (Å²) in [5.74, 6) is 0.0494. The van der Waals surface area contributed by atoms with Crippen LogP contribution in [0.1, 0.15) is 38.8 Å². The van der Waals surface area contributed by atoms with E-state index in [4.69, 9.17) is 9.47 Å². The molecule has 0 bridgehead atoms. The number of nitrogens with one attached hydrogen (secondary N) is 1. The van der Waals surface area contributed by atoms with Gasteiger partial charge in [0.1, 0.15) is 11.4 Å². The average Bonchev–Trinajstić information content (AvgIpc) is 3.04. The molecule has 3 rings (SSSR count). The van der Waals surface area contributed by atoms with E-state index in [9.17, 15) is 22.8 Å². The number of carbonyl (C=O) groups excluding carboxylic acids is 2. The molecule has 0 aliphatic rings. The molecule has 0 radical (unpaired) electrons. The number of fused-ring (bicyclic) bond motifs is 1. The van der Waals surface area contributed by atoms with Gasteiger partial charge in [-0.25, -0.2) is 4.79 Å². The van der Waals surface area contributed by atoms with E-state index in [1.54, 1.807) is 26.8 Å². The van der Waals surface area contributed by atoms with Crippen molar-refractivity contribution in [3.8, 4) is 5.75 Å². The number of ether oxygens (including phenoxy) is 2. The highest BCUT2D eigenvalue weighted by molar-refractivity contribution is 6.04. The largest absolute Gasteiger partial charge is 0.493 e. The molecule has 0 aliphatic carbocycles. The molecule has 9 heteroatoms. The van der Waals surface area contributed by atoms with Crippen LogP contribution in [0.4, 0.5) is 23.7 Å². The molecule has 0 spiro atoms. The van der Waals surface area contributed by atoms with Crippen molar-refractivity contribution in [3.63, 3.8) is 0 Å². The number of benzene rings is 2. The zero-order valence-corrected chi connectivity index (χ0v) is 18.7. The maximum absolute atomic E-state index is 12.7. The summed E-state index contributed by atoms with van der Waals surface area (Å²) in [6.45, 7) is 6.90. The van der Waals surface area contributed by atoms with E-state index in [0.29, 0.717) is 28.8 Å². The van der Waals surface area contributed by atoms with Crippen molar-refractivity contribution in [1.29, 1.82) is 0 Å². The number of alkyl halides is 3. The number of rotatable bonds is 5. The Morgan fingerprint density at radius 3 is 2.27 bits per heavy atom. The molecule has 1 aromatic heterocycles. The second kappa shape index (κ2) is 9.17. The van der Waals surface area contributed by atoms with Gasteiger partial charge in [0.2, 0.25) is 5.91 Å². The molecule has 2 aromatic carbocycles. The third kappa shape index (κ3) is 6.27. The number of halogens is 3. The molecule has 0 fully saturated rings. The number of hydrogen-bond donors (Lipinski definition) is 1. The Morgan fingerprint density at radius 1 is 1.03 bits per heavy atom. The highest BCUT2D eigenvalue weighted by Crippen LogP contribution is 2.31. The first-order chi connectivity index (χ1) is 15.3. The molecule has 1 heterocycles. The van der Waals surface area contributed by atoms with Crippen LogP contribution in [-0.2, 0) is 22.1 Å². The van der Waals surface area contributed by atoms with Crippen LogP contribution >= 0.6 is 0 Å². The van der Waals surface area contributed by atoms with Crippen LogP contribution in [0.2, 0.25) is 0 Å². The first-order valence-corrected chi connectivity index (χ1v) is 10.3. The summed E-state index contributed by atoms with van der Waals surface area (Å²) >= 11 is 0. The lowest BCUT2D eigenvalue weighted by molar-refractivity contribution is -0.137. The van der Waals surface area contributed by atoms with Crippen molar-refractivity contribution >= 4 is 28.6 Å². The Bertz CT molecular complexity index is 1160. The maximum atomic E-state index is 12.7. The number of nitrogens with zero attached hydrogens (tertiary/aromatic N) is 1. The smallest absolute Gasteiger partial charge is 0.419 e. The van der Waals surface area contributed by atoms with Crippen molar-refractivity contribution in [1.82, 2.24) is 4.57 Å². The van der Waals surface area contributed by atoms with E-state index in [1.807, 2.05) is 12.1 Å². The Morgan fingerprint density at radius 2 is 1.70 bits per heavy atom. The van der Waals surface area contributed by atoms with Crippen molar-refractivity contribution in [3.05, 3.63) is 59.8 Å². The van der Waals surface area contributed by atoms with Crippen molar-refractivity contribution in [2.24, 2.45) is 0 Å². The van der Waals surface area contributed by atoms with Gasteiger partial charge in [-0.15, -0.1) is 0 Å². The third-order valence-electron chi connectivity index (χ3n) is 4.61. The molecule has 3 aromatic rings. The molecule has 33 heavy (non-hydrogen) atoms. The summed E-state index contributed by atoms with van der Waals surface area (Å²) in [4.78, 5) is 24.2. The van der Waals surface area contributed by atoms with Crippen LogP contribution < -0.4 is 10.1 Å². The fourth-order valence-corrected chi connectivity index (χ4v) is 3.21. The highest BCUT2D eigenvalue weighted by atomic mass is 19.4. The zero-order chi connectivity index (χ0) is 24.4. The molecular weight excluding hydrogens is 437 g/mol. The van der Waals surface area contributed by atoms with Gasteiger partial charge < -0.3 is 14.8 Å². The number of anilines is 1. The third-order valence-corrected chi connectivity index (χ3v) is 4.61. The first-order valence-electron chi connectivity index (χ1n) is 10.3. The van der Waals surface area contributed by atoms with Gasteiger partial charge in [0, 0.05) is 24.9 Å². The minimum absolute atomic E-state index is 0.235. The normalized spacial score (nSPS) is 12.0. The van der Waals surface area contributed by atoms with Gasteiger partial charge in [0.25, 0.3) is 0 Å². The molecule has 6 nitrogen and oxygen atoms in total. The van der Waals surface area contributed by atoms with Crippen molar-refractivity contribution in [2.75, 3.05) is 11.9 Å². The number of carbonyl (C=O) groups is 2. The Balaban J connectivity index is 1.77. The van der Waals surface area contributed by atoms with Gasteiger partial charge in [0.15, 0.2) is 0 Å². The lowest BCUT2D eigenvalue weighted by Gasteiger charge is -2.19. The monoisotopic (exact) mass is 462 g/mol.